The molecule has 4 heterocycles. The van der Waals surface area contributed by atoms with Crippen molar-refractivity contribution in [1.29, 1.82) is 0 Å². The van der Waals surface area contributed by atoms with Crippen LogP contribution in [0.1, 0.15) is 28.8 Å². The lowest BCUT2D eigenvalue weighted by molar-refractivity contribution is -0.0881. The summed E-state index contributed by atoms with van der Waals surface area (Å²) in [4.78, 5) is 18.9. The fraction of sp³-hybridized carbons (Fsp3) is 0.526. The van der Waals surface area contributed by atoms with Crippen LogP contribution in [0.5, 0.6) is 0 Å². The normalized spacial score (nSPS) is 26.2. The third kappa shape index (κ3) is 3.64. The van der Waals surface area contributed by atoms with Crippen LogP contribution in [0.25, 0.3) is 0 Å². The average molecular weight is 356 g/mol. The third-order valence-corrected chi connectivity index (χ3v) is 5.05. The lowest BCUT2D eigenvalue weighted by Crippen LogP contribution is -2.46. The van der Waals surface area contributed by atoms with Crippen LogP contribution in [0.3, 0.4) is 0 Å². The minimum Gasteiger partial charge on any atom is -0.377 e. The van der Waals surface area contributed by atoms with E-state index < -0.39 is 5.60 Å². The van der Waals surface area contributed by atoms with Gasteiger partial charge < -0.3 is 14.4 Å². The lowest BCUT2D eigenvalue weighted by atomic mass is 9.99. The summed E-state index contributed by atoms with van der Waals surface area (Å²) in [5.74, 6) is -0.00907. The molecule has 7 heteroatoms. The van der Waals surface area contributed by atoms with Crippen LogP contribution in [0.15, 0.2) is 36.9 Å². The second-order valence-corrected chi connectivity index (χ2v) is 7.22. The van der Waals surface area contributed by atoms with E-state index in [4.69, 9.17) is 9.47 Å². The van der Waals surface area contributed by atoms with Crippen LogP contribution in [0, 0.1) is 6.92 Å². The van der Waals surface area contributed by atoms with Gasteiger partial charge in [-0.25, -0.2) is 0 Å². The predicted molar refractivity (Wildman–Crippen MR) is 94.8 cm³/mol. The zero-order chi connectivity index (χ0) is 18.0. The van der Waals surface area contributed by atoms with Crippen LogP contribution in [0.2, 0.25) is 0 Å². The number of pyridine rings is 1. The third-order valence-electron chi connectivity index (χ3n) is 5.05. The summed E-state index contributed by atoms with van der Waals surface area (Å²) in [5, 5.41) is 4.26. The number of amides is 1. The molecule has 2 aromatic rings. The molecule has 0 aromatic carbocycles. The summed E-state index contributed by atoms with van der Waals surface area (Å²) in [6.45, 7) is 4.84. The summed E-state index contributed by atoms with van der Waals surface area (Å²) in [6.07, 6.45) is 9.02. The highest BCUT2D eigenvalue weighted by Gasteiger charge is 2.44. The summed E-state index contributed by atoms with van der Waals surface area (Å²) in [6, 6.07) is 3.79. The molecule has 0 aliphatic carbocycles. The number of nitrogens with zero attached hydrogens (tertiary/aromatic N) is 4. The summed E-state index contributed by atoms with van der Waals surface area (Å²) >= 11 is 0. The average Bonchev–Trinajstić information content (AvgIpc) is 3.22. The van der Waals surface area contributed by atoms with Gasteiger partial charge in [-0.15, -0.1) is 0 Å². The molecular formula is C19H24N4O3. The minimum absolute atomic E-state index is 0.00907. The van der Waals surface area contributed by atoms with E-state index in [1.807, 2.05) is 34.8 Å². The monoisotopic (exact) mass is 356 g/mol. The number of aromatic nitrogens is 3. The number of hydrogen-bond acceptors (Lipinski definition) is 5. The first kappa shape index (κ1) is 17.2. The van der Waals surface area contributed by atoms with Crippen molar-refractivity contribution < 1.29 is 14.3 Å². The van der Waals surface area contributed by atoms with Crippen LogP contribution < -0.4 is 0 Å². The van der Waals surface area contributed by atoms with E-state index in [0.29, 0.717) is 31.9 Å². The van der Waals surface area contributed by atoms with Gasteiger partial charge in [-0.2, -0.15) is 5.10 Å². The molecular weight excluding hydrogens is 332 g/mol. The molecule has 4 rings (SSSR count). The smallest absolute Gasteiger partial charge is 0.255 e. The molecule has 0 radical (unpaired) electrons. The Balaban J connectivity index is 1.46. The molecule has 0 unspecified atom stereocenters. The lowest BCUT2D eigenvalue weighted by Gasteiger charge is -2.32. The highest BCUT2D eigenvalue weighted by Crippen LogP contribution is 2.34. The van der Waals surface area contributed by atoms with E-state index in [9.17, 15) is 4.79 Å². The standard InChI is InChI=1S/C19H24N4O3/c1-15-9-16(11-20-10-15)18(24)22-7-8-25-14-19(13-22)4-3-17(26-19)12-23-6-2-5-21-23/h2,5-6,9-11,17H,3-4,7-8,12-14H2,1H3/t17-,19-/m0/s1. The highest BCUT2D eigenvalue weighted by atomic mass is 16.6. The van der Waals surface area contributed by atoms with Crippen molar-refractivity contribution in [2.24, 2.45) is 0 Å². The maximum absolute atomic E-state index is 12.9. The molecule has 2 saturated heterocycles. The van der Waals surface area contributed by atoms with Gasteiger partial charge in [-0.3, -0.25) is 14.5 Å². The largest absolute Gasteiger partial charge is 0.377 e. The molecule has 0 N–H and O–H groups in total. The number of carbonyl (C=O) groups excluding carboxylic acids is 1. The number of carbonyl (C=O) groups is 1. The van der Waals surface area contributed by atoms with Gasteiger partial charge in [0.25, 0.3) is 5.91 Å². The van der Waals surface area contributed by atoms with Crippen molar-refractivity contribution in [2.75, 3.05) is 26.3 Å². The molecule has 2 aliphatic rings. The first-order chi connectivity index (χ1) is 12.6. The summed E-state index contributed by atoms with van der Waals surface area (Å²) in [5.41, 5.74) is 1.17. The van der Waals surface area contributed by atoms with Gasteiger partial charge in [0.15, 0.2) is 0 Å². The number of aryl methyl sites for hydroxylation is 1. The Bertz CT molecular complexity index is 764. The van der Waals surface area contributed by atoms with Crippen molar-refractivity contribution >= 4 is 5.91 Å². The molecule has 1 amide bonds. The Hall–Kier alpha value is -2.25. The molecule has 2 aliphatic heterocycles. The maximum Gasteiger partial charge on any atom is 0.255 e. The van der Waals surface area contributed by atoms with E-state index in [1.54, 1.807) is 18.6 Å². The van der Waals surface area contributed by atoms with Gasteiger partial charge in [0.05, 0.1) is 38.0 Å². The van der Waals surface area contributed by atoms with Gasteiger partial charge >= 0.3 is 0 Å². The van der Waals surface area contributed by atoms with E-state index >= 15 is 0 Å². The fourth-order valence-corrected chi connectivity index (χ4v) is 3.80. The second kappa shape index (κ2) is 7.17. The van der Waals surface area contributed by atoms with Crippen LogP contribution in [0.4, 0.5) is 0 Å². The van der Waals surface area contributed by atoms with Gasteiger partial charge in [0.2, 0.25) is 0 Å². The molecule has 1 spiro atoms. The molecule has 0 bridgehead atoms. The second-order valence-electron chi connectivity index (χ2n) is 7.22. The van der Waals surface area contributed by atoms with E-state index in [2.05, 4.69) is 10.1 Å². The van der Waals surface area contributed by atoms with Crippen molar-refractivity contribution in [3.05, 3.63) is 48.0 Å². The van der Waals surface area contributed by atoms with Gasteiger partial charge in [-0.1, -0.05) is 0 Å². The molecule has 26 heavy (non-hydrogen) atoms. The van der Waals surface area contributed by atoms with E-state index in [-0.39, 0.29) is 12.0 Å². The first-order valence-corrected chi connectivity index (χ1v) is 9.07. The van der Waals surface area contributed by atoms with Crippen molar-refractivity contribution in [3.8, 4) is 0 Å². The minimum atomic E-state index is -0.429. The van der Waals surface area contributed by atoms with Crippen molar-refractivity contribution in [3.63, 3.8) is 0 Å². The number of ether oxygens (including phenoxy) is 2. The van der Waals surface area contributed by atoms with Crippen molar-refractivity contribution in [1.82, 2.24) is 19.7 Å². The molecule has 2 aromatic heterocycles. The molecule has 7 nitrogen and oxygen atoms in total. The fourth-order valence-electron chi connectivity index (χ4n) is 3.80. The zero-order valence-corrected chi connectivity index (χ0v) is 15.0. The van der Waals surface area contributed by atoms with Crippen LogP contribution >= 0.6 is 0 Å². The highest BCUT2D eigenvalue weighted by molar-refractivity contribution is 5.94. The Labute approximate surface area is 152 Å². The van der Waals surface area contributed by atoms with Crippen LogP contribution in [-0.2, 0) is 16.0 Å². The van der Waals surface area contributed by atoms with E-state index in [1.165, 1.54) is 0 Å². The van der Waals surface area contributed by atoms with Gasteiger partial charge in [0, 0.05) is 31.3 Å². The molecule has 2 atom stereocenters. The molecule has 2 fully saturated rings. The van der Waals surface area contributed by atoms with E-state index in [0.717, 1.165) is 24.9 Å². The summed E-state index contributed by atoms with van der Waals surface area (Å²) in [7, 11) is 0. The first-order valence-electron chi connectivity index (χ1n) is 9.07. The summed E-state index contributed by atoms with van der Waals surface area (Å²) < 4.78 is 14.1. The molecule has 138 valence electrons. The Morgan fingerprint density at radius 3 is 3.15 bits per heavy atom. The Morgan fingerprint density at radius 1 is 1.42 bits per heavy atom. The molecule has 0 saturated carbocycles. The van der Waals surface area contributed by atoms with Crippen molar-refractivity contribution in [2.45, 2.75) is 38.0 Å². The Morgan fingerprint density at radius 2 is 2.35 bits per heavy atom. The predicted octanol–water partition coefficient (Wildman–Crippen LogP) is 1.68. The maximum atomic E-state index is 12.9. The quantitative estimate of drug-likeness (QED) is 0.837. The Kier molecular flexibility index (Phi) is 4.74. The topological polar surface area (TPSA) is 69.5 Å². The van der Waals surface area contributed by atoms with Gasteiger partial charge in [0.1, 0.15) is 5.60 Å². The van der Waals surface area contributed by atoms with Gasteiger partial charge in [-0.05, 0) is 37.5 Å². The zero-order valence-electron chi connectivity index (χ0n) is 15.0. The number of rotatable bonds is 3. The van der Waals surface area contributed by atoms with Crippen LogP contribution in [-0.4, -0.2) is 63.6 Å². The number of hydrogen-bond donors (Lipinski definition) is 0. The SMILES string of the molecule is Cc1cncc(C(=O)N2CCOC[C@]3(CC[C@@H](Cn4cccn4)O3)C2)c1.